The van der Waals surface area contributed by atoms with Crippen molar-refractivity contribution in [1.29, 1.82) is 0 Å². The molecule has 26 heavy (non-hydrogen) atoms. The third-order valence-electron chi connectivity index (χ3n) is 3.33. The minimum Gasteiger partial charge on any atom is -0.406 e. The molecule has 0 aliphatic rings. The number of nitro groups is 1. The Morgan fingerprint density at radius 2 is 1.92 bits per heavy atom. The van der Waals surface area contributed by atoms with Gasteiger partial charge in [0, 0.05) is 23.2 Å². The molecule has 0 unspecified atom stereocenters. The summed E-state index contributed by atoms with van der Waals surface area (Å²) >= 11 is 0. The fraction of sp³-hybridized carbons (Fsp3) is 0.0667. The van der Waals surface area contributed by atoms with Crippen molar-refractivity contribution in [1.82, 2.24) is 10.2 Å². The molecule has 0 radical (unpaired) electrons. The molecule has 11 heteroatoms. The number of carbonyl (C=O) groups is 1. The number of amides is 1. The van der Waals surface area contributed by atoms with Gasteiger partial charge in [0.05, 0.1) is 22.2 Å². The van der Waals surface area contributed by atoms with Gasteiger partial charge < -0.3 is 10.1 Å². The fourth-order valence-corrected chi connectivity index (χ4v) is 2.26. The summed E-state index contributed by atoms with van der Waals surface area (Å²) in [5.74, 6) is -1.13. The molecule has 0 aliphatic heterocycles. The topological polar surface area (TPSA) is 110 Å². The molecule has 0 spiro atoms. The van der Waals surface area contributed by atoms with E-state index in [1.165, 1.54) is 24.4 Å². The molecule has 0 atom stereocenters. The number of hydrogen-bond donors (Lipinski definition) is 2. The molecule has 0 saturated carbocycles. The first-order valence-electron chi connectivity index (χ1n) is 7.01. The van der Waals surface area contributed by atoms with E-state index in [1.807, 2.05) is 0 Å². The molecule has 1 amide bonds. The average Bonchev–Trinajstić information content (AvgIpc) is 3.02. The van der Waals surface area contributed by atoms with E-state index in [2.05, 4.69) is 20.3 Å². The summed E-state index contributed by atoms with van der Waals surface area (Å²) < 4.78 is 40.1. The van der Waals surface area contributed by atoms with Gasteiger partial charge >= 0.3 is 6.36 Å². The Morgan fingerprint density at radius 1 is 1.23 bits per heavy atom. The van der Waals surface area contributed by atoms with E-state index in [0.717, 1.165) is 18.2 Å². The predicted octanol–water partition coefficient (Wildman–Crippen LogP) is 3.62. The number of hydrogen-bond acceptors (Lipinski definition) is 5. The molecule has 0 saturated heterocycles. The first-order chi connectivity index (χ1) is 12.2. The molecule has 2 aromatic carbocycles. The van der Waals surface area contributed by atoms with Crippen molar-refractivity contribution in [3.63, 3.8) is 0 Å². The number of H-pyrrole nitrogens is 1. The van der Waals surface area contributed by atoms with Gasteiger partial charge in [-0.05, 0) is 24.3 Å². The summed E-state index contributed by atoms with van der Waals surface area (Å²) in [5, 5.41) is 20.1. The van der Waals surface area contributed by atoms with Crippen LogP contribution >= 0.6 is 0 Å². The fourth-order valence-electron chi connectivity index (χ4n) is 2.26. The number of rotatable bonds is 4. The number of halogens is 3. The highest BCUT2D eigenvalue weighted by molar-refractivity contribution is 6.12. The Hall–Kier alpha value is -3.63. The second kappa shape index (κ2) is 6.35. The second-order valence-electron chi connectivity index (χ2n) is 5.11. The molecule has 0 bridgehead atoms. The smallest absolute Gasteiger partial charge is 0.406 e. The molecule has 0 aliphatic carbocycles. The summed E-state index contributed by atoms with van der Waals surface area (Å²) in [6.45, 7) is 0. The highest BCUT2D eigenvalue weighted by Crippen LogP contribution is 2.26. The maximum atomic E-state index is 12.4. The van der Waals surface area contributed by atoms with E-state index in [9.17, 15) is 28.1 Å². The summed E-state index contributed by atoms with van der Waals surface area (Å²) in [6.07, 6.45) is -3.48. The lowest BCUT2D eigenvalue weighted by atomic mass is 10.1. The van der Waals surface area contributed by atoms with Crippen molar-refractivity contribution < 1.29 is 27.6 Å². The molecule has 1 aromatic heterocycles. The Bertz CT molecular complexity index is 983. The number of non-ortho nitro benzene ring substituents is 1. The Morgan fingerprint density at radius 3 is 2.54 bits per heavy atom. The second-order valence-corrected chi connectivity index (χ2v) is 5.11. The van der Waals surface area contributed by atoms with E-state index < -0.39 is 22.9 Å². The normalized spacial score (nSPS) is 11.3. The highest BCUT2D eigenvalue weighted by atomic mass is 19.4. The van der Waals surface area contributed by atoms with Crippen LogP contribution in [0.15, 0.2) is 42.6 Å². The number of nitrogens with one attached hydrogen (secondary N) is 2. The zero-order chi connectivity index (χ0) is 18.9. The van der Waals surface area contributed by atoms with Crippen LogP contribution in [-0.2, 0) is 0 Å². The van der Waals surface area contributed by atoms with Gasteiger partial charge in [-0.3, -0.25) is 20.0 Å². The van der Waals surface area contributed by atoms with Gasteiger partial charge in [-0.15, -0.1) is 13.2 Å². The van der Waals surface area contributed by atoms with E-state index in [4.69, 9.17) is 0 Å². The minimum atomic E-state index is -4.82. The van der Waals surface area contributed by atoms with Crippen LogP contribution in [0.25, 0.3) is 10.9 Å². The van der Waals surface area contributed by atoms with E-state index in [1.54, 1.807) is 0 Å². The van der Waals surface area contributed by atoms with Crippen LogP contribution in [0.3, 0.4) is 0 Å². The molecule has 3 rings (SSSR count). The van der Waals surface area contributed by atoms with Crippen molar-refractivity contribution >= 4 is 28.2 Å². The number of carbonyl (C=O) groups excluding carboxylic acids is 1. The number of anilines is 1. The van der Waals surface area contributed by atoms with Crippen LogP contribution in [0.4, 0.5) is 24.5 Å². The molecule has 3 aromatic rings. The summed E-state index contributed by atoms with van der Waals surface area (Å²) in [4.78, 5) is 22.8. The van der Waals surface area contributed by atoms with Crippen LogP contribution in [0.1, 0.15) is 10.4 Å². The van der Waals surface area contributed by atoms with Crippen molar-refractivity contribution in [2.45, 2.75) is 6.36 Å². The van der Waals surface area contributed by atoms with Gasteiger partial charge in [-0.1, -0.05) is 0 Å². The Kier molecular flexibility index (Phi) is 4.20. The quantitative estimate of drug-likeness (QED) is 0.541. The number of aromatic nitrogens is 2. The minimum absolute atomic E-state index is 0.0256. The van der Waals surface area contributed by atoms with Crippen LogP contribution in [0, 0.1) is 10.1 Å². The third kappa shape index (κ3) is 3.71. The van der Waals surface area contributed by atoms with Crippen molar-refractivity contribution in [3.8, 4) is 5.75 Å². The summed E-state index contributed by atoms with van der Waals surface area (Å²) in [5.41, 5.74) is 0.161. The maximum Gasteiger partial charge on any atom is 0.573 e. The first-order valence-corrected chi connectivity index (χ1v) is 7.01. The molecule has 1 heterocycles. The van der Waals surface area contributed by atoms with Crippen molar-refractivity contribution in [2.24, 2.45) is 0 Å². The lowest BCUT2D eigenvalue weighted by molar-refractivity contribution is -0.384. The zero-order valence-corrected chi connectivity index (χ0v) is 12.7. The molecule has 8 nitrogen and oxygen atoms in total. The first kappa shape index (κ1) is 17.2. The average molecular weight is 366 g/mol. The number of ether oxygens (including phenoxy) is 1. The third-order valence-corrected chi connectivity index (χ3v) is 3.33. The largest absolute Gasteiger partial charge is 0.573 e. The molecule has 0 fully saturated rings. The summed E-state index contributed by atoms with van der Waals surface area (Å²) in [7, 11) is 0. The van der Waals surface area contributed by atoms with Crippen LogP contribution in [0.5, 0.6) is 5.75 Å². The van der Waals surface area contributed by atoms with Crippen molar-refractivity contribution in [3.05, 3.63) is 58.3 Å². The Labute approximate surface area is 142 Å². The van der Waals surface area contributed by atoms with Crippen molar-refractivity contribution in [2.75, 3.05) is 5.32 Å². The van der Waals surface area contributed by atoms with Gasteiger partial charge in [0.2, 0.25) is 0 Å². The van der Waals surface area contributed by atoms with E-state index in [-0.39, 0.29) is 16.9 Å². The summed E-state index contributed by atoms with van der Waals surface area (Å²) in [6, 6.07) is 6.82. The number of aromatic amines is 1. The lowest BCUT2D eigenvalue weighted by Gasteiger charge is -2.10. The number of benzene rings is 2. The number of nitrogens with zero attached hydrogens (tertiary/aromatic N) is 2. The van der Waals surface area contributed by atoms with E-state index >= 15 is 0 Å². The van der Waals surface area contributed by atoms with Gasteiger partial charge in [0.15, 0.2) is 0 Å². The predicted molar refractivity (Wildman–Crippen MR) is 83.8 cm³/mol. The number of fused-ring (bicyclic) bond motifs is 1. The van der Waals surface area contributed by atoms with Gasteiger partial charge in [0.1, 0.15) is 5.75 Å². The van der Waals surface area contributed by atoms with Gasteiger partial charge in [0.25, 0.3) is 11.6 Å². The Balaban J connectivity index is 1.85. The SMILES string of the molecule is O=C(Nc1ccc(OC(F)(F)F)cc1)c1cc([N+](=O)[O-])cc2cn[nH]c12. The lowest BCUT2D eigenvalue weighted by Crippen LogP contribution is -2.17. The molecule has 134 valence electrons. The number of nitro benzene ring substituents is 1. The highest BCUT2D eigenvalue weighted by Gasteiger charge is 2.31. The standard InChI is InChI=1S/C15H9F3N4O4/c16-15(17,18)26-11-3-1-9(2-4-11)20-14(23)12-6-10(22(24)25)5-8-7-19-21-13(8)12/h1-7H,(H,19,21)(H,20,23). The van der Waals surface area contributed by atoms with Gasteiger partial charge in [-0.25, -0.2) is 0 Å². The zero-order valence-electron chi connectivity index (χ0n) is 12.7. The molecular weight excluding hydrogens is 357 g/mol. The van der Waals surface area contributed by atoms with E-state index in [0.29, 0.717) is 10.9 Å². The van der Waals surface area contributed by atoms with Crippen LogP contribution in [0.2, 0.25) is 0 Å². The molecular formula is C15H9F3N4O4. The van der Waals surface area contributed by atoms with Gasteiger partial charge in [-0.2, -0.15) is 5.10 Å². The number of alkyl halides is 3. The van der Waals surface area contributed by atoms with Crippen LogP contribution < -0.4 is 10.1 Å². The van der Waals surface area contributed by atoms with Crippen LogP contribution in [-0.4, -0.2) is 27.4 Å². The maximum absolute atomic E-state index is 12.4. The monoisotopic (exact) mass is 366 g/mol. The molecule has 2 N–H and O–H groups in total.